The SMILES string of the molecule is COc1ccc([C@@H]2N=C(C(C)(C)C3=N[C@@H](c4ccc(OC)cc4)C(C)(C)O3)OC2(C)C)cc1. The van der Waals surface area contributed by atoms with Crippen molar-refractivity contribution in [2.45, 2.75) is 64.8 Å². The minimum Gasteiger partial charge on any atom is -0.497 e. The number of nitrogens with zero attached hydrogens (tertiary/aromatic N) is 2. The van der Waals surface area contributed by atoms with Crippen molar-refractivity contribution >= 4 is 11.8 Å². The van der Waals surface area contributed by atoms with Gasteiger partial charge < -0.3 is 18.9 Å². The van der Waals surface area contributed by atoms with Crippen molar-refractivity contribution in [3.63, 3.8) is 0 Å². The van der Waals surface area contributed by atoms with Gasteiger partial charge in [-0.25, -0.2) is 9.98 Å². The van der Waals surface area contributed by atoms with Crippen LogP contribution in [0.3, 0.4) is 0 Å². The Morgan fingerprint density at radius 1 is 0.667 bits per heavy atom. The van der Waals surface area contributed by atoms with Gasteiger partial charge in [0.25, 0.3) is 0 Å². The van der Waals surface area contributed by atoms with Gasteiger partial charge in [0.2, 0.25) is 0 Å². The summed E-state index contributed by atoms with van der Waals surface area (Å²) in [6, 6.07) is 15.7. The van der Waals surface area contributed by atoms with E-state index in [1.54, 1.807) is 14.2 Å². The molecule has 0 spiro atoms. The second kappa shape index (κ2) is 8.08. The normalized spacial score (nSPS) is 23.3. The predicted octanol–water partition coefficient (Wildman–Crippen LogP) is 5.93. The average Bonchev–Trinajstić information content (AvgIpc) is 3.29. The highest BCUT2D eigenvalue weighted by molar-refractivity contribution is 6.06. The summed E-state index contributed by atoms with van der Waals surface area (Å²) in [6.07, 6.45) is 0. The maximum Gasteiger partial charge on any atom is 0.199 e. The van der Waals surface area contributed by atoms with Crippen LogP contribution in [-0.2, 0) is 9.47 Å². The van der Waals surface area contributed by atoms with Crippen molar-refractivity contribution < 1.29 is 18.9 Å². The highest BCUT2D eigenvalue weighted by Crippen LogP contribution is 2.46. The third-order valence-corrected chi connectivity index (χ3v) is 6.46. The molecule has 0 aromatic heterocycles. The fourth-order valence-corrected chi connectivity index (χ4v) is 4.40. The zero-order valence-corrected chi connectivity index (χ0v) is 20.8. The van der Waals surface area contributed by atoms with Gasteiger partial charge in [0, 0.05) is 0 Å². The van der Waals surface area contributed by atoms with E-state index in [9.17, 15) is 0 Å². The molecule has 6 nitrogen and oxygen atoms in total. The van der Waals surface area contributed by atoms with Crippen LogP contribution in [0.15, 0.2) is 58.5 Å². The van der Waals surface area contributed by atoms with E-state index in [4.69, 9.17) is 28.9 Å². The summed E-state index contributed by atoms with van der Waals surface area (Å²) in [7, 11) is 3.33. The molecule has 2 aromatic rings. The lowest BCUT2D eigenvalue weighted by Crippen LogP contribution is -2.39. The minimum atomic E-state index is -0.614. The molecule has 2 aliphatic rings. The molecule has 0 saturated heterocycles. The first kappa shape index (κ1) is 23.1. The van der Waals surface area contributed by atoms with Crippen LogP contribution in [0.4, 0.5) is 0 Å². The lowest BCUT2D eigenvalue weighted by molar-refractivity contribution is 0.0734. The number of ether oxygens (including phenoxy) is 4. The lowest BCUT2D eigenvalue weighted by atomic mass is 9.93. The first-order valence-electron chi connectivity index (χ1n) is 11.3. The van der Waals surface area contributed by atoms with Crippen molar-refractivity contribution in [2.75, 3.05) is 14.2 Å². The summed E-state index contributed by atoms with van der Waals surface area (Å²) < 4.78 is 23.5. The van der Waals surface area contributed by atoms with Crippen molar-refractivity contribution in [3.8, 4) is 11.5 Å². The summed E-state index contributed by atoms with van der Waals surface area (Å²) >= 11 is 0. The Balaban J connectivity index is 1.65. The van der Waals surface area contributed by atoms with E-state index >= 15 is 0 Å². The molecule has 0 bridgehead atoms. The van der Waals surface area contributed by atoms with Crippen LogP contribution in [0.5, 0.6) is 11.5 Å². The Morgan fingerprint density at radius 2 is 1.00 bits per heavy atom. The first-order valence-corrected chi connectivity index (χ1v) is 11.3. The van der Waals surface area contributed by atoms with E-state index in [2.05, 4.69) is 41.5 Å². The molecule has 2 atom stereocenters. The fraction of sp³-hybridized carbons (Fsp3) is 0.481. The summed E-state index contributed by atoms with van der Waals surface area (Å²) in [5.74, 6) is 2.91. The van der Waals surface area contributed by atoms with Gasteiger partial charge in [0.05, 0.1) is 14.2 Å². The molecule has 2 heterocycles. The highest BCUT2D eigenvalue weighted by atomic mass is 16.5. The van der Waals surface area contributed by atoms with E-state index in [0.717, 1.165) is 22.6 Å². The van der Waals surface area contributed by atoms with Gasteiger partial charge in [-0.05, 0) is 76.9 Å². The van der Waals surface area contributed by atoms with Gasteiger partial charge in [-0.1, -0.05) is 24.3 Å². The molecule has 176 valence electrons. The molecule has 0 radical (unpaired) electrons. The molecule has 0 fully saturated rings. The third kappa shape index (κ3) is 4.19. The van der Waals surface area contributed by atoms with Gasteiger partial charge in [-0.3, -0.25) is 0 Å². The Hall–Kier alpha value is -3.02. The van der Waals surface area contributed by atoms with Crippen LogP contribution in [0, 0.1) is 5.41 Å². The van der Waals surface area contributed by atoms with E-state index in [1.165, 1.54) is 0 Å². The summed E-state index contributed by atoms with van der Waals surface area (Å²) in [5, 5.41) is 0. The molecule has 0 saturated carbocycles. The predicted molar refractivity (Wildman–Crippen MR) is 130 cm³/mol. The molecular formula is C27H34N2O4. The summed E-state index contributed by atoms with van der Waals surface area (Å²) in [6.45, 7) is 12.4. The smallest absolute Gasteiger partial charge is 0.199 e. The third-order valence-electron chi connectivity index (χ3n) is 6.46. The number of aliphatic imine (C=N–C) groups is 2. The molecule has 2 aromatic carbocycles. The van der Waals surface area contributed by atoms with E-state index < -0.39 is 16.6 Å². The Kier molecular flexibility index (Phi) is 5.67. The van der Waals surface area contributed by atoms with Gasteiger partial charge in [0.15, 0.2) is 11.8 Å². The fourth-order valence-electron chi connectivity index (χ4n) is 4.40. The molecule has 0 aliphatic carbocycles. The van der Waals surface area contributed by atoms with Gasteiger partial charge in [-0.2, -0.15) is 0 Å². The number of rotatable bonds is 6. The van der Waals surface area contributed by atoms with Gasteiger partial charge >= 0.3 is 0 Å². The summed E-state index contributed by atoms with van der Waals surface area (Å²) in [5.41, 5.74) is 0.558. The zero-order chi connectivity index (χ0) is 24.0. The van der Waals surface area contributed by atoms with Gasteiger partial charge in [-0.15, -0.1) is 0 Å². The molecule has 4 rings (SSSR count). The van der Waals surface area contributed by atoms with Crippen LogP contribution >= 0.6 is 0 Å². The van der Waals surface area contributed by atoms with E-state index in [0.29, 0.717) is 11.8 Å². The van der Waals surface area contributed by atoms with E-state index in [-0.39, 0.29) is 12.1 Å². The standard InChI is InChI=1S/C27H34N2O4/c1-25(2,23-28-21(26(3,4)32-23)17-9-13-19(30-7)14-10-17)24-29-22(27(5,6)33-24)18-11-15-20(31-8)16-12-18/h9-16,21-22H,1-8H3/t21-,22-/m0/s1. The molecule has 2 aliphatic heterocycles. The zero-order valence-electron chi connectivity index (χ0n) is 20.8. The second-order valence-corrected chi connectivity index (χ2v) is 10.3. The number of hydrogen-bond donors (Lipinski definition) is 0. The largest absolute Gasteiger partial charge is 0.497 e. The Bertz CT molecular complexity index is 981. The Morgan fingerprint density at radius 3 is 1.30 bits per heavy atom. The van der Waals surface area contributed by atoms with Crippen LogP contribution < -0.4 is 9.47 Å². The number of benzene rings is 2. The summed E-state index contributed by atoms with van der Waals surface area (Å²) in [4.78, 5) is 10.1. The molecule has 0 unspecified atom stereocenters. The van der Waals surface area contributed by atoms with Crippen molar-refractivity contribution in [1.82, 2.24) is 0 Å². The lowest BCUT2D eigenvalue weighted by Gasteiger charge is -2.30. The van der Waals surface area contributed by atoms with Crippen molar-refractivity contribution in [3.05, 3.63) is 59.7 Å². The van der Waals surface area contributed by atoms with Crippen LogP contribution in [0.1, 0.15) is 64.8 Å². The van der Waals surface area contributed by atoms with Crippen LogP contribution in [0.2, 0.25) is 0 Å². The second-order valence-electron chi connectivity index (χ2n) is 10.3. The topological polar surface area (TPSA) is 61.6 Å². The average molecular weight is 451 g/mol. The number of hydrogen-bond acceptors (Lipinski definition) is 6. The quantitative estimate of drug-likeness (QED) is 0.547. The molecule has 0 N–H and O–H groups in total. The maximum absolute atomic E-state index is 6.43. The van der Waals surface area contributed by atoms with Gasteiger partial charge in [0.1, 0.15) is 40.2 Å². The van der Waals surface area contributed by atoms with E-state index in [1.807, 2.05) is 48.5 Å². The van der Waals surface area contributed by atoms with Crippen molar-refractivity contribution in [2.24, 2.45) is 15.4 Å². The first-order chi connectivity index (χ1) is 15.5. The minimum absolute atomic E-state index is 0.134. The van der Waals surface area contributed by atoms with Crippen LogP contribution in [-0.4, -0.2) is 37.2 Å². The Labute approximate surface area is 196 Å². The monoisotopic (exact) mass is 450 g/mol. The maximum atomic E-state index is 6.43. The van der Waals surface area contributed by atoms with Crippen molar-refractivity contribution in [1.29, 1.82) is 0 Å². The number of methoxy groups -OCH3 is 2. The molecule has 6 heteroatoms. The molecular weight excluding hydrogens is 416 g/mol. The highest BCUT2D eigenvalue weighted by Gasteiger charge is 2.51. The molecule has 0 amide bonds. The van der Waals surface area contributed by atoms with Crippen LogP contribution in [0.25, 0.3) is 0 Å². The molecule has 33 heavy (non-hydrogen) atoms.